The second-order valence-corrected chi connectivity index (χ2v) is 6.41. The Labute approximate surface area is 150 Å². The van der Waals surface area contributed by atoms with Crippen LogP contribution in [0.4, 0.5) is 0 Å². The van der Waals surface area contributed by atoms with Gasteiger partial charge in [-0.2, -0.15) is 5.10 Å². The molecule has 0 saturated heterocycles. The molecule has 0 saturated carbocycles. The van der Waals surface area contributed by atoms with Crippen molar-refractivity contribution in [2.45, 2.75) is 33.9 Å². The van der Waals surface area contributed by atoms with Gasteiger partial charge in [0.1, 0.15) is 0 Å². The van der Waals surface area contributed by atoms with Crippen molar-refractivity contribution >= 4 is 12.0 Å². The van der Waals surface area contributed by atoms with Crippen molar-refractivity contribution in [3.63, 3.8) is 0 Å². The summed E-state index contributed by atoms with van der Waals surface area (Å²) in [5.74, 6) is -0.0984. The van der Waals surface area contributed by atoms with Gasteiger partial charge >= 0.3 is 0 Å². The summed E-state index contributed by atoms with van der Waals surface area (Å²) in [5.41, 5.74) is 5.35. The number of aromatic nitrogens is 2. The van der Waals surface area contributed by atoms with Crippen LogP contribution in [0.1, 0.15) is 35.0 Å². The maximum atomic E-state index is 12.1. The maximum absolute atomic E-state index is 12.1. The fourth-order valence-corrected chi connectivity index (χ4v) is 2.70. The highest BCUT2D eigenvalue weighted by Gasteiger charge is 2.06. The molecule has 1 N–H and O–H groups in total. The number of hydrogen-bond donors (Lipinski definition) is 1. The predicted octanol–water partition coefficient (Wildman–Crippen LogP) is 2.82. The number of hydrogen-bond acceptors (Lipinski definition) is 3. The first-order valence-electron chi connectivity index (χ1n) is 8.63. The van der Waals surface area contributed by atoms with Gasteiger partial charge in [0, 0.05) is 37.5 Å². The van der Waals surface area contributed by atoms with E-state index in [4.69, 9.17) is 0 Å². The van der Waals surface area contributed by atoms with Crippen molar-refractivity contribution in [1.29, 1.82) is 0 Å². The molecule has 0 spiro atoms. The van der Waals surface area contributed by atoms with E-state index in [1.165, 1.54) is 5.56 Å². The highest BCUT2D eigenvalue weighted by molar-refractivity contribution is 5.91. The van der Waals surface area contributed by atoms with Crippen LogP contribution in [0, 0.1) is 13.8 Å². The molecule has 2 aromatic rings. The molecular formula is C20H28N4O. The summed E-state index contributed by atoms with van der Waals surface area (Å²) in [6.45, 7) is 8.54. The van der Waals surface area contributed by atoms with E-state index in [9.17, 15) is 4.79 Å². The molecule has 0 unspecified atom stereocenters. The number of aryl methyl sites for hydroxylation is 2. The maximum Gasteiger partial charge on any atom is 0.244 e. The first-order valence-corrected chi connectivity index (χ1v) is 8.63. The van der Waals surface area contributed by atoms with Gasteiger partial charge in [0.15, 0.2) is 0 Å². The van der Waals surface area contributed by atoms with Gasteiger partial charge in [-0.1, -0.05) is 31.2 Å². The second-order valence-electron chi connectivity index (χ2n) is 6.41. The van der Waals surface area contributed by atoms with Crippen molar-refractivity contribution in [2.75, 3.05) is 13.6 Å². The number of benzene rings is 1. The molecule has 0 bridgehead atoms. The molecule has 1 amide bonds. The van der Waals surface area contributed by atoms with Crippen LogP contribution in [0.2, 0.25) is 0 Å². The van der Waals surface area contributed by atoms with Crippen LogP contribution in [0.5, 0.6) is 0 Å². The molecule has 0 aliphatic carbocycles. The average Bonchev–Trinajstić information content (AvgIpc) is 2.83. The van der Waals surface area contributed by atoms with E-state index in [1.54, 1.807) is 6.08 Å². The molecule has 0 fully saturated rings. The minimum Gasteiger partial charge on any atom is -0.348 e. The summed E-state index contributed by atoms with van der Waals surface area (Å²) in [7, 11) is 4.00. The molecule has 0 aliphatic heterocycles. The Hall–Kier alpha value is -2.40. The summed E-state index contributed by atoms with van der Waals surface area (Å²) >= 11 is 0. The minimum atomic E-state index is -0.0984. The quantitative estimate of drug-likeness (QED) is 0.789. The summed E-state index contributed by atoms with van der Waals surface area (Å²) in [6.07, 6.45) is 3.41. The second kappa shape index (κ2) is 8.62. The highest BCUT2D eigenvalue weighted by atomic mass is 16.1. The van der Waals surface area contributed by atoms with Crippen LogP contribution < -0.4 is 5.32 Å². The van der Waals surface area contributed by atoms with Gasteiger partial charge in [0.05, 0.1) is 5.69 Å². The average molecular weight is 340 g/mol. The Morgan fingerprint density at radius 1 is 1.32 bits per heavy atom. The normalized spacial score (nSPS) is 11.4. The standard InChI is InChI=1S/C20H28N4O/c1-6-23(4)14-18-9-7-8-17(12-18)13-21-20(25)11-10-19-15(2)22-24(5)16(19)3/h7-12H,6,13-14H2,1-5H3,(H,21,25). The van der Waals surface area contributed by atoms with Crippen LogP contribution in [-0.4, -0.2) is 34.2 Å². The van der Waals surface area contributed by atoms with Gasteiger partial charge in [0.25, 0.3) is 0 Å². The molecule has 1 heterocycles. The third-order valence-corrected chi connectivity index (χ3v) is 4.42. The molecule has 2 rings (SSSR count). The third-order valence-electron chi connectivity index (χ3n) is 4.42. The van der Waals surface area contributed by atoms with E-state index >= 15 is 0 Å². The lowest BCUT2D eigenvalue weighted by Gasteiger charge is -2.14. The van der Waals surface area contributed by atoms with E-state index in [1.807, 2.05) is 43.8 Å². The van der Waals surface area contributed by atoms with Gasteiger partial charge in [-0.15, -0.1) is 0 Å². The van der Waals surface area contributed by atoms with Gasteiger partial charge in [-0.05, 0) is 44.6 Å². The number of carbonyl (C=O) groups is 1. The smallest absolute Gasteiger partial charge is 0.244 e. The molecule has 0 aliphatic rings. The van der Waals surface area contributed by atoms with Crippen LogP contribution in [0.15, 0.2) is 30.3 Å². The fourth-order valence-electron chi connectivity index (χ4n) is 2.70. The molecule has 134 valence electrons. The van der Waals surface area contributed by atoms with E-state index in [2.05, 4.69) is 41.4 Å². The Balaban J connectivity index is 1.93. The number of carbonyl (C=O) groups excluding carboxylic acids is 1. The van der Waals surface area contributed by atoms with Crippen molar-refractivity contribution in [3.8, 4) is 0 Å². The number of rotatable bonds is 7. The third kappa shape index (κ3) is 5.29. The molecule has 0 radical (unpaired) electrons. The Bertz CT molecular complexity index is 761. The van der Waals surface area contributed by atoms with E-state index in [0.717, 1.165) is 35.6 Å². The largest absolute Gasteiger partial charge is 0.348 e. The van der Waals surface area contributed by atoms with E-state index in [-0.39, 0.29) is 5.91 Å². The highest BCUT2D eigenvalue weighted by Crippen LogP contribution is 2.13. The molecule has 5 nitrogen and oxygen atoms in total. The van der Waals surface area contributed by atoms with Crippen LogP contribution >= 0.6 is 0 Å². The Morgan fingerprint density at radius 2 is 2.04 bits per heavy atom. The Morgan fingerprint density at radius 3 is 2.68 bits per heavy atom. The molecular weight excluding hydrogens is 312 g/mol. The van der Waals surface area contributed by atoms with E-state index in [0.29, 0.717) is 6.54 Å². The predicted molar refractivity (Wildman–Crippen MR) is 102 cm³/mol. The van der Waals surface area contributed by atoms with Crippen molar-refractivity contribution < 1.29 is 4.79 Å². The van der Waals surface area contributed by atoms with Gasteiger partial charge in [-0.25, -0.2) is 0 Å². The van der Waals surface area contributed by atoms with Crippen molar-refractivity contribution in [3.05, 3.63) is 58.4 Å². The molecule has 5 heteroatoms. The first-order chi connectivity index (χ1) is 11.9. The lowest BCUT2D eigenvalue weighted by molar-refractivity contribution is -0.116. The molecule has 0 atom stereocenters. The van der Waals surface area contributed by atoms with E-state index < -0.39 is 0 Å². The van der Waals surface area contributed by atoms with Crippen LogP contribution in [-0.2, 0) is 24.9 Å². The summed E-state index contributed by atoms with van der Waals surface area (Å²) in [4.78, 5) is 14.3. The van der Waals surface area contributed by atoms with Crippen LogP contribution in [0.25, 0.3) is 6.08 Å². The molecule has 1 aromatic heterocycles. The number of nitrogens with one attached hydrogen (secondary N) is 1. The summed E-state index contributed by atoms with van der Waals surface area (Å²) in [6, 6.07) is 8.34. The lowest BCUT2D eigenvalue weighted by Crippen LogP contribution is -2.20. The van der Waals surface area contributed by atoms with Gasteiger partial charge in [0.2, 0.25) is 5.91 Å². The fraction of sp³-hybridized carbons (Fsp3) is 0.400. The van der Waals surface area contributed by atoms with Gasteiger partial charge < -0.3 is 10.2 Å². The summed E-state index contributed by atoms with van der Waals surface area (Å²) < 4.78 is 1.83. The Kier molecular flexibility index (Phi) is 6.53. The number of amides is 1. The van der Waals surface area contributed by atoms with Crippen molar-refractivity contribution in [1.82, 2.24) is 20.0 Å². The minimum absolute atomic E-state index is 0.0984. The number of nitrogens with zero attached hydrogens (tertiary/aromatic N) is 3. The SMILES string of the molecule is CCN(C)Cc1cccc(CNC(=O)C=Cc2c(C)nn(C)c2C)c1. The molecule has 25 heavy (non-hydrogen) atoms. The van der Waals surface area contributed by atoms with Crippen molar-refractivity contribution in [2.24, 2.45) is 7.05 Å². The zero-order valence-corrected chi connectivity index (χ0v) is 15.8. The van der Waals surface area contributed by atoms with Crippen LogP contribution in [0.3, 0.4) is 0 Å². The zero-order chi connectivity index (χ0) is 18.4. The monoisotopic (exact) mass is 340 g/mol. The lowest BCUT2D eigenvalue weighted by atomic mass is 10.1. The zero-order valence-electron chi connectivity index (χ0n) is 15.8. The molecule has 1 aromatic carbocycles. The summed E-state index contributed by atoms with van der Waals surface area (Å²) in [5, 5.41) is 7.30. The van der Waals surface area contributed by atoms with Gasteiger partial charge in [-0.3, -0.25) is 9.48 Å². The first kappa shape index (κ1) is 18.9. The topological polar surface area (TPSA) is 50.2 Å².